The topological polar surface area (TPSA) is 43.1 Å². The lowest BCUT2D eigenvalue weighted by molar-refractivity contribution is 0.108. The number of carbonyl (C=O) groups is 1. The van der Waals surface area contributed by atoms with Crippen molar-refractivity contribution in [3.8, 4) is 0 Å². The van der Waals surface area contributed by atoms with Crippen LogP contribution in [0.25, 0.3) is 0 Å². The smallest absolute Gasteiger partial charge is 0.252 e. The Kier molecular flexibility index (Phi) is 2.57. The molecule has 0 radical (unpaired) electrons. The Morgan fingerprint density at radius 3 is 2.93 bits per heavy atom. The first-order valence-electron chi connectivity index (χ1n) is 4.74. The highest BCUT2D eigenvalue weighted by Gasteiger charge is 2.16. The minimum Gasteiger partial charge on any atom is -0.327 e. The maximum absolute atomic E-state index is 10.9. The molecule has 0 amide bonds. The summed E-state index contributed by atoms with van der Waals surface area (Å²) < 4.78 is 0. The summed E-state index contributed by atoms with van der Waals surface area (Å²) in [5.74, 6) is 0. The standard InChI is InChI=1S/C11H12ClNO/c12-11(14)8-2-1-7-3-4-10(13)6-9(7)5-8/h1-2,5,10H,3-4,6,13H2. The first kappa shape index (κ1) is 9.69. The Bertz CT molecular complexity index is 376. The van der Waals surface area contributed by atoms with Crippen LogP contribution in [0.1, 0.15) is 27.9 Å². The van der Waals surface area contributed by atoms with Crippen molar-refractivity contribution in [1.82, 2.24) is 0 Å². The van der Waals surface area contributed by atoms with E-state index in [2.05, 4.69) is 0 Å². The number of rotatable bonds is 1. The first-order chi connectivity index (χ1) is 6.66. The van der Waals surface area contributed by atoms with Crippen molar-refractivity contribution >= 4 is 16.8 Å². The summed E-state index contributed by atoms with van der Waals surface area (Å²) in [6, 6.07) is 5.86. The Morgan fingerprint density at radius 2 is 2.21 bits per heavy atom. The summed E-state index contributed by atoms with van der Waals surface area (Å²) >= 11 is 5.41. The van der Waals surface area contributed by atoms with Crippen molar-refractivity contribution in [1.29, 1.82) is 0 Å². The molecule has 2 rings (SSSR count). The van der Waals surface area contributed by atoms with Crippen molar-refractivity contribution in [2.75, 3.05) is 0 Å². The van der Waals surface area contributed by atoms with E-state index in [0.717, 1.165) is 19.3 Å². The van der Waals surface area contributed by atoms with Gasteiger partial charge in [-0.3, -0.25) is 4.79 Å². The molecule has 0 saturated carbocycles. The maximum atomic E-state index is 10.9. The normalized spacial score (nSPS) is 20.3. The molecule has 0 aliphatic heterocycles. The van der Waals surface area contributed by atoms with Gasteiger partial charge in [0.1, 0.15) is 0 Å². The van der Waals surface area contributed by atoms with Gasteiger partial charge in [-0.25, -0.2) is 0 Å². The minimum absolute atomic E-state index is 0.225. The van der Waals surface area contributed by atoms with Crippen LogP contribution in [0.2, 0.25) is 0 Å². The molecule has 0 heterocycles. The number of hydrogen-bond acceptors (Lipinski definition) is 2. The summed E-state index contributed by atoms with van der Waals surface area (Å²) in [5.41, 5.74) is 8.90. The molecule has 2 N–H and O–H groups in total. The average molecular weight is 210 g/mol. The molecule has 0 fully saturated rings. The lowest BCUT2D eigenvalue weighted by atomic mass is 9.88. The van der Waals surface area contributed by atoms with Crippen molar-refractivity contribution in [2.45, 2.75) is 25.3 Å². The van der Waals surface area contributed by atoms with Crippen LogP contribution < -0.4 is 5.73 Å². The van der Waals surface area contributed by atoms with Gasteiger partial charge < -0.3 is 5.73 Å². The van der Waals surface area contributed by atoms with Crippen LogP contribution in [-0.2, 0) is 12.8 Å². The molecule has 1 aliphatic rings. The molecule has 0 bridgehead atoms. The fraction of sp³-hybridized carbons (Fsp3) is 0.364. The maximum Gasteiger partial charge on any atom is 0.252 e. The molecule has 1 aromatic rings. The van der Waals surface area contributed by atoms with E-state index >= 15 is 0 Å². The Morgan fingerprint density at radius 1 is 1.43 bits per heavy atom. The van der Waals surface area contributed by atoms with Crippen molar-refractivity contribution in [3.63, 3.8) is 0 Å². The lowest BCUT2D eigenvalue weighted by Crippen LogP contribution is -2.27. The summed E-state index contributed by atoms with van der Waals surface area (Å²) in [6.45, 7) is 0. The fourth-order valence-corrected chi connectivity index (χ4v) is 2.03. The monoisotopic (exact) mass is 209 g/mol. The number of fused-ring (bicyclic) bond motifs is 1. The molecule has 0 aromatic heterocycles. The number of carbonyl (C=O) groups excluding carboxylic acids is 1. The molecular weight excluding hydrogens is 198 g/mol. The predicted molar refractivity (Wildman–Crippen MR) is 56.6 cm³/mol. The van der Waals surface area contributed by atoms with E-state index in [1.165, 1.54) is 11.1 Å². The highest BCUT2D eigenvalue weighted by atomic mass is 35.5. The van der Waals surface area contributed by atoms with Crippen LogP contribution in [0.3, 0.4) is 0 Å². The second-order valence-corrected chi connectivity index (χ2v) is 4.10. The highest BCUT2D eigenvalue weighted by molar-refractivity contribution is 6.67. The lowest BCUT2D eigenvalue weighted by Gasteiger charge is -2.21. The van der Waals surface area contributed by atoms with Crippen molar-refractivity contribution < 1.29 is 4.79 Å². The second-order valence-electron chi connectivity index (χ2n) is 3.76. The number of benzene rings is 1. The van der Waals surface area contributed by atoms with Gasteiger partial charge in [-0.05, 0) is 54.1 Å². The van der Waals surface area contributed by atoms with Gasteiger partial charge in [0.25, 0.3) is 5.24 Å². The van der Waals surface area contributed by atoms with Crippen LogP contribution in [0.4, 0.5) is 0 Å². The van der Waals surface area contributed by atoms with Crippen LogP contribution >= 0.6 is 11.6 Å². The molecule has 14 heavy (non-hydrogen) atoms. The average Bonchev–Trinajstić information content (AvgIpc) is 2.16. The van der Waals surface area contributed by atoms with E-state index in [-0.39, 0.29) is 6.04 Å². The number of nitrogens with two attached hydrogens (primary N) is 1. The second kappa shape index (κ2) is 3.71. The highest BCUT2D eigenvalue weighted by Crippen LogP contribution is 2.22. The number of aryl methyl sites for hydroxylation is 1. The molecule has 2 nitrogen and oxygen atoms in total. The van der Waals surface area contributed by atoms with Crippen LogP contribution in [-0.4, -0.2) is 11.3 Å². The Labute approximate surface area is 88.1 Å². The van der Waals surface area contributed by atoms with E-state index < -0.39 is 5.24 Å². The summed E-state index contributed by atoms with van der Waals surface area (Å²) in [6.07, 6.45) is 2.89. The van der Waals surface area contributed by atoms with Crippen LogP contribution in [0, 0.1) is 0 Å². The first-order valence-corrected chi connectivity index (χ1v) is 5.12. The predicted octanol–water partition coefficient (Wildman–Crippen LogP) is 1.88. The van der Waals surface area contributed by atoms with Crippen LogP contribution in [0.15, 0.2) is 18.2 Å². The van der Waals surface area contributed by atoms with E-state index in [1.54, 1.807) is 6.07 Å². The fourth-order valence-electron chi connectivity index (χ4n) is 1.91. The van der Waals surface area contributed by atoms with E-state index in [4.69, 9.17) is 17.3 Å². The zero-order valence-electron chi connectivity index (χ0n) is 7.79. The summed E-state index contributed by atoms with van der Waals surface area (Å²) in [5, 5.41) is -0.396. The van der Waals surface area contributed by atoms with Crippen molar-refractivity contribution in [2.24, 2.45) is 5.73 Å². The summed E-state index contributed by atoms with van der Waals surface area (Å²) in [7, 11) is 0. The van der Waals surface area contributed by atoms with Crippen molar-refractivity contribution in [3.05, 3.63) is 34.9 Å². The number of halogens is 1. The van der Waals surface area contributed by atoms with Crippen LogP contribution in [0.5, 0.6) is 0 Å². The molecule has 0 spiro atoms. The van der Waals surface area contributed by atoms with E-state index in [9.17, 15) is 4.79 Å². The summed E-state index contributed by atoms with van der Waals surface area (Å²) in [4.78, 5) is 10.9. The van der Waals surface area contributed by atoms with E-state index in [0.29, 0.717) is 5.56 Å². The largest absolute Gasteiger partial charge is 0.327 e. The van der Waals surface area contributed by atoms with Gasteiger partial charge >= 0.3 is 0 Å². The zero-order valence-corrected chi connectivity index (χ0v) is 8.55. The molecule has 3 heteroatoms. The van der Waals surface area contributed by atoms with Gasteiger partial charge in [0.05, 0.1) is 0 Å². The van der Waals surface area contributed by atoms with Gasteiger partial charge in [0.15, 0.2) is 0 Å². The van der Waals surface area contributed by atoms with Gasteiger partial charge in [0, 0.05) is 11.6 Å². The van der Waals surface area contributed by atoms with Gasteiger partial charge in [-0.1, -0.05) is 6.07 Å². The molecule has 74 valence electrons. The SMILES string of the molecule is NC1CCc2ccc(C(=O)Cl)cc2C1. The molecule has 1 unspecified atom stereocenters. The van der Waals surface area contributed by atoms with Gasteiger partial charge in [-0.2, -0.15) is 0 Å². The Balaban J connectivity index is 2.37. The number of hydrogen-bond donors (Lipinski definition) is 1. The van der Waals surface area contributed by atoms with E-state index in [1.807, 2.05) is 12.1 Å². The molecule has 0 saturated heterocycles. The molecule has 1 aromatic carbocycles. The molecular formula is C11H12ClNO. The zero-order chi connectivity index (χ0) is 10.1. The van der Waals surface area contributed by atoms with Gasteiger partial charge in [0.2, 0.25) is 0 Å². The third kappa shape index (κ3) is 1.81. The quantitative estimate of drug-likeness (QED) is 0.718. The third-order valence-corrected chi connectivity index (χ3v) is 2.92. The molecule has 1 aliphatic carbocycles. The Hall–Kier alpha value is -0.860. The minimum atomic E-state index is -0.396. The molecule has 1 atom stereocenters. The third-order valence-electron chi connectivity index (χ3n) is 2.70. The van der Waals surface area contributed by atoms with Gasteiger partial charge in [-0.15, -0.1) is 0 Å².